The molecule has 0 spiro atoms. The number of aromatic nitrogens is 4. The van der Waals surface area contributed by atoms with Gasteiger partial charge in [-0.05, 0) is 36.6 Å². The van der Waals surface area contributed by atoms with Gasteiger partial charge in [0.05, 0.1) is 12.8 Å². The lowest BCUT2D eigenvalue weighted by Gasteiger charge is -2.17. The van der Waals surface area contributed by atoms with E-state index in [0.717, 1.165) is 23.4 Å². The molecule has 2 aromatic carbocycles. The Kier molecular flexibility index (Phi) is 5.56. The normalized spacial score (nSPS) is 12.7. The zero-order valence-electron chi connectivity index (χ0n) is 19.1. The van der Waals surface area contributed by atoms with Gasteiger partial charge in [-0.25, -0.2) is 9.50 Å². The molecule has 164 valence electrons. The molecule has 0 amide bonds. The van der Waals surface area contributed by atoms with Gasteiger partial charge < -0.3 is 9.30 Å². The van der Waals surface area contributed by atoms with Gasteiger partial charge in [-0.1, -0.05) is 57.4 Å². The van der Waals surface area contributed by atoms with Gasteiger partial charge in [-0.3, -0.25) is 0 Å². The van der Waals surface area contributed by atoms with Gasteiger partial charge in [-0.15, -0.1) is 5.10 Å². The van der Waals surface area contributed by atoms with Crippen LogP contribution in [0.25, 0.3) is 38.7 Å². The average molecular weight is 427 g/mol. The minimum Gasteiger partial charge on any atom is -0.480 e. The van der Waals surface area contributed by atoms with Crippen LogP contribution >= 0.6 is 0 Å². The first-order valence-corrected chi connectivity index (χ1v) is 11.6. The first kappa shape index (κ1) is 20.6. The van der Waals surface area contributed by atoms with Gasteiger partial charge in [0.1, 0.15) is 0 Å². The minimum atomic E-state index is 0.570. The predicted octanol–water partition coefficient (Wildman–Crippen LogP) is 6.73. The Balaban J connectivity index is 1.65. The Morgan fingerprint density at radius 3 is 2.62 bits per heavy atom. The second kappa shape index (κ2) is 8.65. The molecule has 0 bridgehead atoms. The zero-order chi connectivity index (χ0) is 22.1. The van der Waals surface area contributed by atoms with Crippen LogP contribution in [0.4, 0.5) is 0 Å². The summed E-state index contributed by atoms with van der Waals surface area (Å²) in [7, 11) is 1.63. The lowest BCUT2D eigenvalue weighted by Crippen LogP contribution is -2.10. The monoisotopic (exact) mass is 426 g/mol. The van der Waals surface area contributed by atoms with E-state index in [4.69, 9.17) is 4.74 Å². The Morgan fingerprint density at radius 2 is 1.81 bits per heavy atom. The molecule has 3 heterocycles. The van der Waals surface area contributed by atoms with E-state index in [1.54, 1.807) is 7.11 Å². The molecule has 0 saturated heterocycles. The average Bonchev–Trinajstić information content (AvgIpc) is 3.40. The smallest absolute Gasteiger partial charge is 0.235 e. The molecular weight excluding hydrogens is 396 g/mol. The maximum atomic E-state index is 5.32. The summed E-state index contributed by atoms with van der Waals surface area (Å²) in [6, 6.07) is 19.4. The third-order valence-corrected chi connectivity index (χ3v) is 6.60. The summed E-state index contributed by atoms with van der Waals surface area (Å²) >= 11 is 0. The molecule has 32 heavy (non-hydrogen) atoms. The van der Waals surface area contributed by atoms with Crippen molar-refractivity contribution in [1.82, 2.24) is 19.2 Å². The van der Waals surface area contributed by atoms with Crippen LogP contribution in [-0.4, -0.2) is 26.3 Å². The van der Waals surface area contributed by atoms with Crippen molar-refractivity contribution in [3.05, 3.63) is 60.8 Å². The molecule has 0 saturated carbocycles. The quantitative estimate of drug-likeness (QED) is 0.276. The number of methoxy groups -OCH3 is 1. The molecule has 1 unspecified atom stereocenters. The van der Waals surface area contributed by atoms with Gasteiger partial charge in [0.25, 0.3) is 0 Å². The van der Waals surface area contributed by atoms with E-state index in [-0.39, 0.29) is 0 Å². The Hall–Kier alpha value is -3.34. The number of hydrogen-bond donors (Lipinski definition) is 0. The highest BCUT2D eigenvalue weighted by Gasteiger charge is 2.16. The van der Waals surface area contributed by atoms with Crippen LogP contribution in [0.3, 0.4) is 0 Å². The first-order valence-electron chi connectivity index (χ1n) is 11.6. The third kappa shape index (κ3) is 3.52. The standard InChI is InChI=1S/C27H30N4O/c1-4-6-9-19(5-2)18-30-24-11-8-7-10-21(24)22-16-20(12-13-25(22)30)23-14-15-28-26-17-27(32-3)29-31(23)26/h7-8,10-17,19H,4-6,9,18H2,1-3H3. The molecule has 0 aliphatic carbocycles. The number of ether oxygens (including phenoxy) is 1. The number of para-hydroxylation sites is 1. The lowest BCUT2D eigenvalue weighted by molar-refractivity contribution is 0.395. The number of fused-ring (bicyclic) bond motifs is 4. The van der Waals surface area contributed by atoms with E-state index < -0.39 is 0 Å². The van der Waals surface area contributed by atoms with E-state index in [9.17, 15) is 0 Å². The molecular formula is C27H30N4O. The van der Waals surface area contributed by atoms with Crippen molar-refractivity contribution < 1.29 is 4.74 Å². The van der Waals surface area contributed by atoms with Crippen LogP contribution < -0.4 is 4.74 Å². The van der Waals surface area contributed by atoms with Crippen molar-refractivity contribution in [2.24, 2.45) is 5.92 Å². The predicted molar refractivity (Wildman–Crippen MR) is 131 cm³/mol. The summed E-state index contributed by atoms with van der Waals surface area (Å²) in [6.45, 7) is 5.66. The summed E-state index contributed by atoms with van der Waals surface area (Å²) in [5, 5.41) is 7.15. The van der Waals surface area contributed by atoms with Crippen LogP contribution in [0, 0.1) is 5.92 Å². The van der Waals surface area contributed by atoms with Gasteiger partial charge in [-0.2, -0.15) is 0 Å². The van der Waals surface area contributed by atoms with E-state index >= 15 is 0 Å². The zero-order valence-corrected chi connectivity index (χ0v) is 19.1. The van der Waals surface area contributed by atoms with Crippen molar-refractivity contribution in [2.75, 3.05) is 7.11 Å². The van der Waals surface area contributed by atoms with Crippen LogP contribution in [0.5, 0.6) is 5.88 Å². The van der Waals surface area contributed by atoms with Crippen molar-refractivity contribution in [1.29, 1.82) is 0 Å². The molecule has 1 atom stereocenters. The van der Waals surface area contributed by atoms with Crippen molar-refractivity contribution in [3.8, 4) is 17.1 Å². The molecule has 0 radical (unpaired) electrons. The van der Waals surface area contributed by atoms with Crippen LogP contribution in [-0.2, 0) is 6.54 Å². The molecule has 5 nitrogen and oxygen atoms in total. The van der Waals surface area contributed by atoms with Crippen LogP contribution in [0.15, 0.2) is 60.8 Å². The van der Waals surface area contributed by atoms with Crippen molar-refractivity contribution >= 4 is 27.5 Å². The summed E-state index contributed by atoms with van der Waals surface area (Å²) in [6.07, 6.45) is 6.88. The minimum absolute atomic E-state index is 0.570. The van der Waals surface area contributed by atoms with E-state index in [2.05, 4.69) is 71.0 Å². The van der Waals surface area contributed by atoms with E-state index in [1.165, 1.54) is 47.5 Å². The third-order valence-electron chi connectivity index (χ3n) is 6.60. The summed E-state index contributed by atoms with van der Waals surface area (Å²) in [5.74, 6) is 1.27. The van der Waals surface area contributed by atoms with E-state index in [0.29, 0.717) is 11.8 Å². The van der Waals surface area contributed by atoms with E-state index in [1.807, 2.05) is 22.8 Å². The second-order valence-corrected chi connectivity index (χ2v) is 8.56. The Morgan fingerprint density at radius 1 is 0.969 bits per heavy atom. The number of hydrogen-bond acceptors (Lipinski definition) is 3. The molecule has 0 aliphatic rings. The molecule has 5 rings (SSSR count). The van der Waals surface area contributed by atoms with Gasteiger partial charge in [0.2, 0.25) is 5.88 Å². The Labute approximate surface area is 188 Å². The molecule has 0 aliphatic heterocycles. The maximum Gasteiger partial charge on any atom is 0.235 e. The number of rotatable bonds is 8. The lowest BCUT2D eigenvalue weighted by atomic mass is 9.99. The molecule has 5 aromatic rings. The number of benzene rings is 2. The fourth-order valence-corrected chi connectivity index (χ4v) is 4.78. The Bertz CT molecular complexity index is 1380. The molecule has 3 aromatic heterocycles. The van der Waals surface area contributed by atoms with Crippen LogP contribution in [0.2, 0.25) is 0 Å². The SMILES string of the molecule is CCCCC(CC)Cn1c2ccccc2c2cc(-c3ccnc4cc(OC)nn34)ccc21. The fraction of sp³-hybridized carbons (Fsp3) is 0.333. The highest BCUT2D eigenvalue weighted by Crippen LogP contribution is 2.34. The van der Waals surface area contributed by atoms with Crippen LogP contribution in [0.1, 0.15) is 39.5 Å². The van der Waals surface area contributed by atoms with Crippen molar-refractivity contribution in [3.63, 3.8) is 0 Å². The maximum absolute atomic E-state index is 5.32. The topological polar surface area (TPSA) is 44.3 Å². The number of unbranched alkanes of at least 4 members (excludes halogenated alkanes) is 1. The summed E-state index contributed by atoms with van der Waals surface area (Å²) in [4.78, 5) is 4.44. The summed E-state index contributed by atoms with van der Waals surface area (Å²) < 4.78 is 9.70. The van der Waals surface area contributed by atoms with Crippen molar-refractivity contribution in [2.45, 2.75) is 46.1 Å². The second-order valence-electron chi connectivity index (χ2n) is 8.56. The highest BCUT2D eigenvalue weighted by molar-refractivity contribution is 6.09. The van der Waals surface area contributed by atoms with Gasteiger partial charge in [0, 0.05) is 46.2 Å². The molecule has 5 heteroatoms. The largest absolute Gasteiger partial charge is 0.480 e. The highest BCUT2D eigenvalue weighted by atomic mass is 16.5. The summed E-state index contributed by atoms with van der Waals surface area (Å²) in [5.41, 5.74) is 5.52. The molecule has 0 fully saturated rings. The van der Waals surface area contributed by atoms with Gasteiger partial charge in [0.15, 0.2) is 5.65 Å². The first-order chi connectivity index (χ1) is 15.7. The molecule has 0 N–H and O–H groups in total. The number of nitrogens with zero attached hydrogens (tertiary/aromatic N) is 4. The fourth-order valence-electron chi connectivity index (χ4n) is 4.78. The van der Waals surface area contributed by atoms with Gasteiger partial charge >= 0.3 is 0 Å².